The number of hydrogen-bond acceptors (Lipinski definition) is 4. The van der Waals surface area contributed by atoms with E-state index in [1.165, 1.54) is 41.1 Å². The Bertz CT molecular complexity index is 1520. The molecule has 0 aliphatic heterocycles. The quantitative estimate of drug-likeness (QED) is 0.398. The zero-order valence-electron chi connectivity index (χ0n) is 18.7. The third kappa shape index (κ3) is 4.55. The Kier molecular flexibility index (Phi) is 5.88. The number of rotatable bonds is 5. The van der Waals surface area contributed by atoms with Gasteiger partial charge in [0.1, 0.15) is 5.69 Å². The maximum Gasteiger partial charge on any atom is 0.416 e. The number of hydrogen-bond donors (Lipinski definition) is 2. The first kappa shape index (κ1) is 22.8. The molecule has 5 rings (SSSR count). The maximum atomic E-state index is 13.2. The summed E-state index contributed by atoms with van der Waals surface area (Å²) < 4.78 is 40.9. The molecule has 0 fully saturated rings. The summed E-state index contributed by atoms with van der Waals surface area (Å²) in [6, 6.07) is 9.27. The SMILES string of the molecule is O=C(NCCC1=CCCCC1)c1ccc2c(=O)nc3c(-c4cccc(C(F)(F)F)c4)n[nH]n3c2c1. The van der Waals surface area contributed by atoms with Crippen molar-refractivity contribution in [2.24, 2.45) is 0 Å². The van der Waals surface area contributed by atoms with Crippen LogP contribution in [0.5, 0.6) is 0 Å². The number of H-pyrrole nitrogens is 1. The van der Waals surface area contributed by atoms with Crippen molar-refractivity contribution in [2.45, 2.75) is 38.3 Å². The van der Waals surface area contributed by atoms with Crippen molar-refractivity contribution in [3.63, 3.8) is 0 Å². The second kappa shape index (κ2) is 9.01. The van der Waals surface area contributed by atoms with Gasteiger partial charge in [0.2, 0.25) is 0 Å². The topological polar surface area (TPSA) is 92.2 Å². The number of nitrogens with zero attached hydrogens (tertiary/aromatic N) is 3. The summed E-state index contributed by atoms with van der Waals surface area (Å²) in [5.74, 6) is -0.279. The number of halogens is 3. The minimum absolute atomic E-state index is 0.0728. The first-order chi connectivity index (χ1) is 16.8. The maximum absolute atomic E-state index is 13.2. The second-order valence-electron chi connectivity index (χ2n) is 8.56. The lowest BCUT2D eigenvalue weighted by Gasteiger charge is -2.13. The summed E-state index contributed by atoms with van der Waals surface area (Å²) in [6.45, 7) is 0.512. The van der Waals surface area contributed by atoms with Crippen LogP contribution >= 0.6 is 0 Å². The van der Waals surface area contributed by atoms with E-state index in [9.17, 15) is 22.8 Å². The number of benzene rings is 2. The van der Waals surface area contributed by atoms with E-state index in [4.69, 9.17) is 0 Å². The zero-order valence-corrected chi connectivity index (χ0v) is 18.7. The fourth-order valence-corrected chi connectivity index (χ4v) is 4.38. The minimum Gasteiger partial charge on any atom is -0.352 e. The summed E-state index contributed by atoms with van der Waals surface area (Å²) in [5.41, 5.74) is 1.00. The Morgan fingerprint density at radius 2 is 2.00 bits per heavy atom. The molecule has 0 radical (unpaired) electrons. The Balaban J connectivity index is 1.48. The highest BCUT2D eigenvalue weighted by atomic mass is 19.4. The zero-order chi connectivity index (χ0) is 24.6. The van der Waals surface area contributed by atoms with Gasteiger partial charge in [0.25, 0.3) is 11.5 Å². The van der Waals surface area contributed by atoms with Gasteiger partial charge in [-0.05, 0) is 62.4 Å². The van der Waals surface area contributed by atoms with E-state index in [2.05, 4.69) is 26.7 Å². The number of nitrogens with one attached hydrogen (secondary N) is 2. The van der Waals surface area contributed by atoms with Gasteiger partial charge in [0, 0.05) is 17.7 Å². The smallest absolute Gasteiger partial charge is 0.352 e. The van der Waals surface area contributed by atoms with Gasteiger partial charge in [-0.2, -0.15) is 23.3 Å². The van der Waals surface area contributed by atoms with Gasteiger partial charge in [0.15, 0.2) is 5.65 Å². The Hall–Kier alpha value is -3.95. The molecule has 1 aliphatic carbocycles. The molecule has 4 aromatic rings. The lowest BCUT2D eigenvalue weighted by Crippen LogP contribution is -2.25. The van der Waals surface area contributed by atoms with E-state index >= 15 is 0 Å². The van der Waals surface area contributed by atoms with E-state index in [1.807, 2.05) is 0 Å². The lowest BCUT2D eigenvalue weighted by atomic mass is 9.97. The molecule has 0 spiro atoms. The molecule has 1 aliphatic rings. The van der Waals surface area contributed by atoms with Crippen LogP contribution < -0.4 is 10.9 Å². The first-order valence-corrected chi connectivity index (χ1v) is 11.4. The van der Waals surface area contributed by atoms with Crippen LogP contribution in [0.3, 0.4) is 0 Å². The fourth-order valence-electron chi connectivity index (χ4n) is 4.38. The second-order valence-corrected chi connectivity index (χ2v) is 8.56. The van der Waals surface area contributed by atoms with Crippen molar-refractivity contribution in [1.82, 2.24) is 25.1 Å². The van der Waals surface area contributed by atoms with Crippen LogP contribution in [0.25, 0.3) is 27.8 Å². The highest BCUT2D eigenvalue weighted by Crippen LogP contribution is 2.32. The number of allylic oxidation sites excluding steroid dienone is 1. The monoisotopic (exact) mass is 481 g/mol. The lowest BCUT2D eigenvalue weighted by molar-refractivity contribution is -0.137. The third-order valence-corrected chi connectivity index (χ3v) is 6.20. The molecule has 1 amide bonds. The number of fused-ring (bicyclic) bond motifs is 3. The van der Waals surface area contributed by atoms with Gasteiger partial charge in [-0.3, -0.25) is 9.59 Å². The summed E-state index contributed by atoms with van der Waals surface area (Å²) in [4.78, 5) is 29.5. The molecule has 180 valence electrons. The van der Waals surface area contributed by atoms with Gasteiger partial charge in [0.05, 0.1) is 16.5 Å². The number of carbonyl (C=O) groups excluding carboxylic acids is 1. The molecule has 2 aromatic heterocycles. The van der Waals surface area contributed by atoms with Gasteiger partial charge in [-0.1, -0.05) is 23.8 Å². The van der Waals surface area contributed by atoms with Gasteiger partial charge >= 0.3 is 6.18 Å². The van der Waals surface area contributed by atoms with Crippen LogP contribution in [-0.4, -0.2) is 32.3 Å². The third-order valence-electron chi connectivity index (χ3n) is 6.20. The van der Waals surface area contributed by atoms with E-state index in [1.54, 1.807) is 12.1 Å². The summed E-state index contributed by atoms with van der Waals surface area (Å²) in [6.07, 6.45) is 3.05. The molecule has 2 heterocycles. The average molecular weight is 481 g/mol. The van der Waals surface area contributed by atoms with E-state index in [-0.39, 0.29) is 28.2 Å². The summed E-state index contributed by atoms with van der Waals surface area (Å²) in [7, 11) is 0. The molecule has 7 nitrogen and oxygen atoms in total. The van der Waals surface area contributed by atoms with E-state index in [0.717, 1.165) is 31.4 Å². The molecular weight excluding hydrogens is 459 g/mol. The van der Waals surface area contributed by atoms with Crippen LogP contribution in [0.2, 0.25) is 0 Å². The molecule has 10 heteroatoms. The Labute approximate surface area is 197 Å². The average Bonchev–Trinajstić information content (AvgIpc) is 3.28. The van der Waals surface area contributed by atoms with Crippen molar-refractivity contribution < 1.29 is 18.0 Å². The molecule has 0 unspecified atom stereocenters. The van der Waals surface area contributed by atoms with Crippen molar-refractivity contribution >= 4 is 22.5 Å². The normalized spacial score (nSPS) is 14.3. The molecule has 35 heavy (non-hydrogen) atoms. The molecule has 0 bridgehead atoms. The Morgan fingerprint density at radius 3 is 2.77 bits per heavy atom. The number of alkyl halides is 3. The van der Waals surface area contributed by atoms with Crippen LogP contribution in [0.1, 0.15) is 48.0 Å². The van der Waals surface area contributed by atoms with Gasteiger partial charge in [-0.15, -0.1) is 0 Å². The van der Waals surface area contributed by atoms with Crippen molar-refractivity contribution in [3.05, 3.63) is 75.6 Å². The van der Waals surface area contributed by atoms with Crippen LogP contribution in [-0.2, 0) is 6.18 Å². The molecule has 2 N–H and O–H groups in total. The van der Waals surface area contributed by atoms with Crippen molar-refractivity contribution in [2.75, 3.05) is 6.54 Å². The predicted octanol–water partition coefficient (Wildman–Crippen LogP) is 4.88. The highest BCUT2D eigenvalue weighted by Gasteiger charge is 2.31. The van der Waals surface area contributed by atoms with E-state index in [0.29, 0.717) is 17.6 Å². The fraction of sp³-hybridized carbons (Fsp3) is 0.280. The molecular formula is C25H22F3N5O2. The standard InChI is InChI=1S/C25H22F3N5O2/c26-25(27,28)18-8-4-7-16(13-18)21-22-30-24(35)19-10-9-17(14-20(19)33(22)32-31-21)23(34)29-12-11-15-5-2-1-3-6-15/h4-5,7-10,13-14,32H,1-3,6,11-12H2,(H,29,34). The number of carbonyl (C=O) groups is 1. The van der Waals surface area contributed by atoms with Crippen LogP contribution in [0, 0.1) is 0 Å². The number of amides is 1. The molecule has 0 atom stereocenters. The van der Waals surface area contributed by atoms with Crippen LogP contribution in [0.4, 0.5) is 13.2 Å². The Morgan fingerprint density at radius 1 is 1.14 bits per heavy atom. The molecule has 0 saturated heterocycles. The van der Waals surface area contributed by atoms with Gasteiger partial charge in [-0.25, -0.2) is 9.73 Å². The largest absolute Gasteiger partial charge is 0.416 e. The highest BCUT2D eigenvalue weighted by molar-refractivity contribution is 5.98. The van der Waals surface area contributed by atoms with Crippen molar-refractivity contribution in [3.8, 4) is 11.3 Å². The summed E-state index contributed by atoms with van der Waals surface area (Å²) >= 11 is 0. The predicted molar refractivity (Wildman–Crippen MR) is 125 cm³/mol. The molecule has 0 saturated carbocycles. The van der Waals surface area contributed by atoms with E-state index < -0.39 is 17.3 Å². The summed E-state index contributed by atoms with van der Waals surface area (Å²) in [5, 5.41) is 10.00. The minimum atomic E-state index is -4.52. The first-order valence-electron chi connectivity index (χ1n) is 11.4. The van der Waals surface area contributed by atoms with Crippen molar-refractivity contribution in [1.29, 1.82) is 0 Å². The molecule has 2 aromatic carbocycles. The number of aromatic nitrogens is 4. The van der Waals surface area contributed by atoms with Crippen LogP contribution in [0.15, 0.2) is 58.9 Å². The van der Waals surface area contributed by atoms with Gasteiger partial charge < -0.3 is 5.32 Å². The number of aromatic amines is 1.